The van der Waals surface area contributed by atoms with Gasteiger partial charge in [0.25, 0.3) is 0 Å². The molecule has 2 aromatic rings. The molecule has 0 radical (unpaired) electrons. The second kappa shape index (κ2) is 5.21. The summed E-state index contributed by atoms with van der Waals surface area (Å²) < 4.78 is 0. The first-order valence-corrected chi connectivity index (χ1v) is 7.50. The first kappa shape index (κ1) is 13.1. The molecule has 0 fully saturated rings. The van der Waals surface area contributed by atoms with Gasteiger partial charge in [-0.3, -0.25) is 9.59 Å². The Labute approximate surface area is 121 Å². The smallest absolute Gasteiger partial charge is 0.232 e. The number of rotatable bonds is 2. The molecule has 1 aliphatic heterocycles. The minimum absolute atomic E-state index is 0.0653. The molecule has 102 valence electrons. The zero-order valence-electron chi connectivity index (χ0n) is 11.3. The SMILES string of the molecule is Cc1cccc2c1N(C(=O)Cc1cccs1)CCC2=O. The lowest BCUT2D eigenvalue weighted by Crippen LogP contribution is -2.38. The van der Waals surface area contributed by atoms with Gasteiger partial charge in [-0.2, -0.15) is 0 Å². The largest absolute Gasteiger partial charge is 0.311 e. The number of ketones is 1. The molecule has 0 atom stereocenters. The van der Waals surface area contributed by atoms with Crippen LogP contribution in [0.2, 0.25) is 0 Å². The van der Waals surface area contributed by atoms with Gasteiger partial charge in [-0.05, 0) is 30.0 Å². The molecule has 1 aromatic carbocycles. The van der Waals surface area contributed by atoms with Gasteiger partial charge in [0.2, 0.25) is 5.91 Å². The van der Waals surface area contributed by atoms with E-state index in [1.165, 1.54) is 0 Å². The molecule has 0 spiro atoms. The lowest BCUT2D eigenvalue weighted by Gasteiger charge is -2.30. The molecule has 1 aromatic heterocycles. The van der Waals surface area contributed by atoms with Crippen LogP contribution in [0.25, 0.3) is 0 Å². The molecular weight excluding hydrogens is 270 g/mol. The number of para-hydroxylation sites is 1. The number of hydrogen-bond donors (Lipinski definition) is 0. The molecule has 0 aliphatic carbocycles. The molecule has 0 bridgehead atoms. The topological polar surface area (TPSA) is 37.4 Å². The highest BCUT2D eigenvalue weighted by atomic mass is 32.1. The maximum atomic E-state index is 12.5. The molecule has 1 aliphatic rings. The van der Waals surface area contributed by atoms with Crippen LogP contribution in [0, 0.1) is 6.92 Å². The Kier molecular flexibility index (Phi) is 3.40. The third kappa shape index (κ3) is 2.27. The van der Waals surface area contributed by atoms with Crippen LogP contribution < -0.4 is 4.90 Å². The third-order valence-electron chi connectivity index (χ3n) is 3.58. The summed E-state index contributed by atoms with van der Waals surface area (Å²) in [6.07, 6.45) is 0.812. The molecule has 2 heterocycles. The zero-order chi connectivity index (χ0) is 14.1. The van der Waals surface area contributed by atoms with Gasteiger partial charge in [0, 0.05) is 23.4 Å². The second-order valence-electron chi connectivity index (χ2n) is 4.95. The molecule has 0 saturated carbocycles. The number of amides is 1. The number of thiophene rings is 1. The van der Waals surface area contributed by atoms with Crippen molar-refractivity contribution in [1.29, 1.82) is 0 Å². The molecule has 3 nitrogen and oxygen atoms in total. The number of Topliss-reactive ketones (excluding diaryl/α,β-unsaturated/α-hetero) is 1. The van der Waals surface area contributed by atoms with E-state index in [4.69, 9.17) is 0 Å². The van der Waals surface area contributed by atoms with Crippen molar-refractivity contribution >= 4 is 28.7 Å². The van der Waals surface area contributed by atoms with Crippen LogP contribution in [0.5, 0.6) is 0 Å². The minimum Gasteiger partial charge on any atom is -0.311 e. The summed E-state index contributed by atoms with van der Waals surface area (Å²) in [7, 11) is 0. The standard InChI is InChI=1S/C16H15NO2S/c1-11-4-2-6-13-14(18)7-8-17(16(11)13)15(19)10-12-5-3-9-20-12/h2-6,9H,7-8,10H2,1H3. The maximum Gasteiger partial charge on any atom is 0.232 e. The Balaban J connectivity index is 1.94. The highest BCUT2D eigenvalue weighted by Crippen LogP contribution is 2.31. The van der Waals surface area contributed by atoms with E-state index >= 15 is 0 Å². The summed E-state index contributed by atoms with van der Waals surface area (Å²) >= 11 is 1.59. The van der Waals surface area contributed by atoms with Crippen molar-refractivity contribution in [3.8, 4) is 0 Å². The molecule has 0 unspecified atom stereocenters. The van der Waals surface area contributed by atoms with Crippen LogP contribution in [0.15, 0.2) is 35.7 Å². The summed E-state index contributed by atoms with van der Waals surface area (Å²) in [5.74, 6) is 0.194. The molecule has 0 N–H and O–H groups in total. The number of benzene rings is 1. The van der Waals surface area contributed by atoms with E-state index in [1.54, 1.807) is 16.2 Å². The normalized spacial score (nSPS) is 14.2. The van der Waals surface area contributed by atoms with Crippen LogP contribution in [-0.2, 0) is 11.2 Å². The van der Waals surface area contributed by atoms with Crippen molar-refractivity contribution < 1.29 is 9.59 Å². The number of anilines is 1. The third-order valence-corrected chi connectivity index (χ3v) is 4.45. The minimum atomic E-state index is 0.0653. The second-order valence-corrected chi connectivity index (χ2v) is 5.98. The lowest BCUT2D eigenvalue weighted by molar-refractivity contribution is -0.118. The molecular formula is C16H15NO2S. The average molecular weight is 285 g/mol. The lowest BCUT2D eigenvalue weighted by atomic mass is 9.97. The fourth-order valence-electron chi connectivity index (χ4n) is 2.61. The fourth-order valence-corrected chi connectivity index (χ4v) is 3.30. The summed E-state index contributed by atoms with van der Waals surface area (Å²) in [6.45, 7) is 2.43. The van der Waals surface area contributed by atoms with E-state index in [0.29, 0.717) is 24.9 Å². The summed E-state index contributed by atoms with van der Waals surface area (Å²) in [6, 6.07) is 9.56. The number of aryl methyl sites for hydroxylation is 1. The first-order chi connectivity index (χ1) is 9.66. The number of carbonyl (C=O) groups excluding carboxylic acids is 2. The van der Waals surface area contributed by atoms with Gasteiger partial charge in [0.05, 0.1) is 12.1 Å². The Morgan fingerprint density at radius 2 is 2.15 bits per heavy atom. The van der Waals surface area contributed by atoms with Gasteiger partial charge >= 0.3 is 0 Å². The summed E-state index contributed by atoms with van der Waals surface area (Å²) in [5.41, 5.74) is 2.45. The van der Waals surface area contributed by atoms with E-state index in [1.807, 2.05) is 42.6 Å². The van der Waals surface area contributed by atoms with Gasteiger partial charge in [0.1, 0.15) is 0 Å². The maximum absolute atomic E-state index is 12.5. The Bertz CT molecular complexity index is 661. The van der Waals surface area contributed by atoms with Crippen molar-refractivity contribution in [3.05, 3.63) is 51.7 Å². The van der Waals surface area contributed by atoms with Crippen molar-refractivity contribution in [1.82, 2.24) is 0 Å². The monoisotopic (exact) mass is 285 g/mol. The summed E-state index contributed by atoms with van der Waals surface area (Å²) in [5, 5.41) is 1.97. The average Bonchev–Trinajstić information content (AvgIpc) is 2.93. The Morgan fingerprint density at radius 3 is 2.90 bits per heavy atom. The highest BCUT2D eigenvalue weighted by molar-refractivity contribution is 7.10. The van der Waals surface area contributed by atoms with Crippen molar-refractivity contribution in [3.63, 3.8) is 0 Å². The van der Waals surface area contributed by atoms with E-state index in [9.17, 15) is 9.59 Å². The number of carbonyl (C=O) groups is 2. The van der Waals surface area contributed by atoms with E-state index in [-0.39, 0.29) is 11.7 Å². The first-order valence-electron chi connectivity index (χ1n) is 6.62. The molecule has 20 heavy (non-hydrogen) atoms. The van der Waals surface area contributed by atoms with Crippen molar-refractivity contribution in [2.75, 3.05) is 11.4 Å². The summed E-state index contributed by atoms with van der Waals surface area (Å²) in [4.78, 5) is 27.3. The molecule has 0 saturated heterocycles. The number of hydrogen-bond acceptors (Lipinski definition) is 3. The van der Waals surface area contributed by atoms with Crippen LogP contribution >= 0.6 is 11.3 Å². The molecule has 3 rings (SSSR count). The Morgan fingerprint density at radius 1 is 1.30 bits per heavy atom. The number of fused-ring (bicyclic) bond motifs is 1. The van der Waals surface area contributed by atoms with Crippen molar-refractivity contribution in [2.24, 2.45) is 0 Å². The van der Waals surface area contributed by atoms with Gasteiger partial charge in [-0.1, -0.05) is 18.2 Å². The quantitative estimate of drug-likeness (QED) is 0.849. The van der Waals surface area contributed by atoms with E-state index in [2.05, 4.69) is 0 Å². The molecule has 4 heteroatoms. The van der Waals surface area contributed by atoms with Crippen LogP contribution in [-0.4, -0.2) is 18.2 Å². The van der Waals surface area contributed by atoms with Gasteiger partial charge in [-0.15, -0.1) is 11.3 Å². The fraction of sp³-hybridized carbons (Fsp3) is 0.250. The molecule has 1 amide bonds. The highest BCUT2D eigenvalue weighted by Gasteiger charge is 2.28. The van der Waals surface area contributed by atoms with Gasteiger partial charge in [0.15, 0.2) is 5.78 Å². The van der Waals surface area contributed by atoms with Crippen LogP contribution in [0.1, 0.15) is 27.2 Å². The zero-order valence-corrected chi connectivity index (χ0v) is 12.1. The van der Waals surface area contributed by atoms with Crippen LogP contribution in [0.3, 0.4) is 0 Å². The van der Waals surface area contributed by atoms with Gasteiger partial charge < -0.3 is 4.90 Å². The Hall–Kier alpha value is -1.94. The number of nitrogens with zero attached hydrogens (tertiary/aromatic N) is 1. The van der Waals surface area contributed by atoms with Gasteiger partial charge in [-0.25, -0.2) is 0 Å². The van der Waals surface area contributed by atoms with E-state index in [0.717, 1.165) is 16.1 Å². The predicted molar refractivity (Wildman–Crippen MR) is 80.5 cm³/mol. The van der Waals surface area contributed by atoms with Crippen molar-refractivity contribution in [2.45, 2.75) is 19.8 Å². The van der Waals surface area contributed by atoms with E-state index < -0.39 is 0 Å². The van der Waals surface area contributed by atoms with Crippen LogP contribution in [0.4, 0.5) is 5.69 Å². The predicted octanol–water partition coefficient (Wildman–Crippen LogP) is 3.22.